The summed E-state index contributed by atoms with van der Waals surface area (Å²) in [4.78, 5) is 3.55. The van der Waals surface area contributed by atoms with E-state index in [0.29, 0.717) is 5.25 Å². The number of likely N-dealkylation sites (tertiary alicyclic amines) is 1. The van der Waals surface area contributed by atoms with Crippen LogP contribution in [0.15, 0.2) is 35.2 Å². The van der Waals surface area contributed by atoms with Gasteiger partial charge in [-0.2, -0.15) is 0 Å². The van der Waals surface area contributed by atoms with Crippen molar-refractivity contribution in [1.82, 2.24) is 4.90 Å². The monoisotopic (exact) mass is 223 g/mol. The molecule has 3 heteroatoms. The molecule has 0 aromatic heterocycles. The van der Waals surface area contributed by atoms with Crippen LogP contribution in [0.2, 0.25) is 0 Å². The van der Waals surface area contributed by atoms with Gasteiger partial charge in [0.15, 0.2) is 0 Å². The van der Waals surface area contributed by atoms with Crippen LogP contribution in [0, 0.1) is 0 Å². The molecule has 1 fully saturated rings. The molecule has 1 aromatic rings. The Bertz CT molecular complexity index is 304. The summed E-state index contributed by atoms with van der Waals surface area (Å²) in [5.41, 5.74) is 0. The molecule has 0 radical (unpaired) electrons. The van der Waals surface area contributed by atoms with Crippen LogP contribution in [0.25, 0.3) is 0 Å². The van der Waals surface area contributed by atoms with E-state index >= 15 is 0 Å². The van der Waals surface area contributed by atoms with E-state index in [1.807, 2.05) is 18.2 Å². The molecule has 0 spiro atoms. The molecule has 2 rings (SSSR count). The number of aliphatic hydroxyl groups excluding tert-OH is 1. The predicted octanol–water partition coefficient (Wildman–Crippen LogP) is 1.84. The largest absolute Gasteiger partial charge is 0.391 e. The number of thioether (sulfide) groups is 1. The number of β-amino-alcohol motifs (C(OH)–C–C–N with tert-alkyl or cyclic N) is 1. The standard InChI is InChI=1S/C12H17NOS/c1-2-13-8-11(14)12(9-13)15-10-6-4-3-5-7-10/h3-7,11-12,14H,2,8-9H2,1H3. The zero-order valence-corrected chi connectivity index (χ0v) is 9.78. The average molecular weight is 223 g/mol. The molecule has 82 valence electrons. The molecule has 0 saturated carbocycles. The van der Waals surface area contributed by atoms with Crippen LogP contribution in [0.3, 0.4) is 0 Å². The highest BCUT2D eigenvalue weighted by Gasteiger charge is 2.30. The van der Waals surface area contributed by atoms with Gasteiger partial charge in [0.25, 0.3) is 0 Å². The van der Waals surface area contributed by atoms with E-state index in [0.717, 1.165) is 19.6 Å². The van der Waals surface area contributed by atoms with Crippen LogP contribution in [-0.2, 0) is 0 Å². The predicted molar refractivity (Wildman–Crippen MR) is 64.2 cm³/mol. The zero-order chi connectivity index (χ0) is 10.7. The Morgan fingerprint density at radius 2 is 2.07 bits per heavy atom. The van der Waals surface area contributed by atoms with Gasteiger partial charge < -0.3 is 5.11 Å². The molecule has 1 aliphatic heterocycles. The van der Waals surface area contributed by atoms with Crippen molar-refractivity contribution in [3.05, 3.63) is 30.3 Å². The Hall–Kier alpha value is -0.510. The molecule has 2 unspecified atom stereocenters. The van der Waals surface area contributed by atoms with Crippen molar-refractivity contribution in [2.75, 3.05) is 19.6 Å². The second kappa shape index (κ2) is 5.01. The third kappa shape index (κ3) is 2.74. The maximum atomic E-state index is 9.89. The quantitative estimate of drug-likeness (QED) is 0.846. The molecule has 1 heterocycles. The van der Waals surface area contributed by atoms with Gasteiger partial charge in [-0.3, -0.25) is 4.90 Å². The first-order valence-corrected chi connectivity index (χ1v) is 6.29. The van der Waals surface area contributed by atoms with Gasteiger partial charge in [-0.1, -0.05) is 25.1 Å². The Morgan fingerprint density at radius 1 is 1.33 bits per heavy atom. The summed E-state index contributed by atoms with van der Waals surface area (Å²) >= 11 is 1.79. The maximum Gasteiger partial charge on any atom is 0.0801 e. The van der Waals surface area contributed by atoms with E-state index in [9.17, 15) is 5.11 Å². The normalized spacial score (nSPS) is 27.1. The number of likely N-dealkylation sites (N-methyl/N-ethyl adjacent to an activating group) is 1. The fourth-order valence-electron chi connectivity index (χ4n) is 1.88. The highest BCUT2D eigenvalue weighted by molar-refractivity contribution is 8.00. The van der Waals surface area contributed by atoms with Crippen LogP contribution in [-0.4, -0.2) is 41.0 Å². The lowest BCUT2D eigenvalue weighted by Gasteiger charge is -2.13. The fraction of sp³-hybridized carbons (Fsp3) is 0.500. The zero-order valence-electron chi connectivity index (χ0n) is 8.97. The first-order valence-electron chi connectivity index (χ1n) is 5.41. The van der Waals surface area contributed by atoms with Gasteiger partial charge in [-0.05, 0) is 18.7 Å². The molecule has 0 bridgehead atoms. The second-order valence-corrected chi connectivity index (χ2v) is 5.20. The minimum Gasteiger partial charge on any atom is -0.391 e. The van der Waals surface area contributed by atoms with Gasteiger partial charge in [-0.15, -0.1) is 11.8 Å². The van der Waals surface area contributed by atoms with Crippen molar-refractivity contribution in [1.29, 1.82) is 0 Å². The van der Waals surface area contributed by atoms with Crippen LogP contribution >= 0.6 is 11.8 Å². The van der Waals surface area contributed by atoms with Crippen molar-refractivity contribution in [3.63, 3.8) is 0 Å². The lowest BCUT2D eigenvalue weighted by molar-refractivity contribution is 0.181. The molecule has 1 N–H and O–H groups in total. The van der Waals surface area contributed by atoms with E-state index < -0.39 is 0 Å². The first kappa shape index (κ1) is 11.0. The summed E-state index contributed by atoms with van der Waals surface area (Å²) in [6, 6.07) is 10.3. The molecule has 1 aromatic carbocycles. The van der Waals surface area contributed by atoms with E-state index in [1.54, 1.807) is 11.8 Å². The summed E-state index contributed by atoms with van der Waals surface area (Å²) in [7, 11) is 0. The van der Waals surface area contributed by atoms with Gasteiger partial charge in [0.2, 0.25) is 0 Å². The molecule has 0 amide bonds. The number of hydrogen-bond donors (Lipinski definition) is 1. The van der Waals surface area contributed by atoms with Gasteiger partial charge in [0.05, 0.1) is 6.10 Å². The number of rotatable bonds is 3. The molecule has 0 aliphatic carbocycles. The van der Waals surface area contributed by atoms with E-state index in [2.05, 4.69) is 24.0 Å². The molecule has 1 aliphatic rings. The van der Waals surface area contributed by atoms with Crippen LogP contribution < -0.4 is 0 Å². The molecule has 15 heavy (non-hydrogen) atoms. The second-order valence-electron chi connectivity index (χ2n) is 3.89. The van der Waals surface area contributed by atoms with Gasteiger partial charge in [0, 0.05) is 23.2 Å². The highest BCUT2D eigenvalue weighted by Crippen LogP contribution is 2.29. The van der Waals surface area contributed by atoms with Gasteiger partial charge >= 0.3 is 0 Å². The smallest absolute Gasteiger partial charge is 0.0801 e. The number of hydrogen-bond acceptors (Lipinski definition) is 3. The van der Waals surface area contributed by atoms with Crippen molar-refractivity contribution in [2.45, 2.75) is 23.2 Å². The topological polar surface area (TPSA) is 23.5 Å². The van der Waals surface area contributed by atoms with Crippen molar-refractivity contribution in [2.24, 2.45) is 0 Å². The Labute approximate surface area is 95.3 Å². The fourth-order valence-corrected chi connectivity index (χ4v) is 3.07. The van der Waals surface area contributed by atoms with E-state index in [4.69, 9.17) is 0 Å². The molecule has 1 saturated heterocycles. The van der Waals surface area contributed by atoms with Crippen molar-refractivity contribution < 1.29 is 5.11 Å². The van der Waals surface area contributed by atoms with Gasteiger partial charge in [-0.25, -0.2) is 0 Å². The minimum absolute atomic E-state index is 0.185. The molecule has 2 nitrogen and oxygen atoms in total. The molecular formula is C12H17NOS. The van der Waals surface area contributed by atoms with Crippen LogP contribution in [0.4, 0.5) is 0 Å². The SMILES string of the molecule is CCN1CC(O)C(Sc2ccccc2)C1. The summed E-state index contributed by atoms with van der Waals surface area (Å²) < 4.78 is 0. The summed E-state index contributed by atoms with van der Waals surface area (Å²) in [6.45, 7) is 4.99. The highest BCUT2D eigenvalue weighted by atomic mass is 32.2. The Balaban J connectivity index is 1.96. The van der Waals surface area contributed by atoms with Crippen molar-refractivity contribution in [3.8, 4) is 0 Å². The summed E-state index contributed by atoms with van der Waals surface area (Å²) in [6.07, 6.45) is -0.185. The third-order valence-electron chi connectivity index (χ3n) is 2.79. The lowest BCUT2D eigenvalue weighted by atomic mass is 10.3. The number of nitrogens with zero attached hydrogens (tertiary/aromatic N) is 1. The van der Waals surface area contributed by atoms with E-state index in [-0.39, 0.29) is 6.10 Å². The number of aliphatic hydroxyl groups is 1. The summed E-state index contributed by atoms with van der Waals surface area (Å²) in [5.74, 6) is 0. The van der Waals surface area contributed by atoms with Crippen LogP contribution in [0.1, 0.15) is 6.92 Å². The first-order chi connectivity index (χ1) is 7.29. The third-order valence-corrected chi connectivity index (χ3v) is 4.10. The number of benzene rings is 1. The maximum absolute atomic E-state index is 9.89. The van der Waals surface area contributed by atoms with E-state index in [1.165, 1.54) is 4.90 Å². The lowest BCUT2D eigenvalue weighted by Crippen LogP contribution is -2.21. The minimum atomic E-state index is -0.185. The summed E-state index contributed by atoms with van der Waals surface area (Å²) in [5, 5.41) is 10.2. The average Bonchev–Trinajstić information content (AvgIpc) is 2.61. The van der Waals surface area contributed by atoms with Gasteiger partial charge in [0.1, 0.15) is 0 Å². The molecule has 2 atom stereocenters. The van der Waals surface area contributed by atoms with Crippen LogP contribution in [0.5, 0.6) is 0 Å². The molecular weight excluding hydrogens is 206 g/mol. The Kier molecular flexibility index (Phi) is 3.67. The Morgan fingerprint density at radius 3 is 2.67 bits per heavy atom. The van der Waals surface area contributed by atoms with Crippen molar-refractivity contribution >= 4 is 11.8 Å².